The molecule has 3 heteroatoms. The van der Waals surface area contributed by atoms with Gasteiger partial charge < -0.3 is 5.32 Å². The van der Waals surface area contributed by atoms with Crippen LogP contribution in [-0.2, 0) is 6.42 Å². The number of amides is 1. The number of carbonyl (C=O) groups is 1. The zero-order chi connectivity index (χ0) is 15.9. The van der Waals surface area contributed by atoms with Gasteiger partial charge in [0.05, 0.1) is 0 Å². The summed E-state index contributed by atoms with van der Waals surface area (Å²) in [6, 6.07) is 23.4. The molecule has 0 unspecified atom stereocenters. The summed E-state index contributed by atoms with van der Waals surface area (Å²) in [5.41, 5.74) is 3.66. The van der Waals surface area contributed by atoms with Crippen molar-refractivity contribution in [2.24, 2.45) is 0 Å². The second-order valence-electron chi connectivity index (χ2n) is 5.24. The van der Waals surface area contributed by atoms with E-state index in [0.717, 1.165) is 23.2 Å². The van der Waals surface area contributed by atoms with E-state index in [9.17, 15) is 4.79 Å². The molecule has 0 saturated carbocycles. The van der Waals surface area contributed by atoms with Crippen molar-refractivity contribution < 1.29 is 4.79 Å². The van der Waals surface area contributed by atoms with Crippen molar-refractivity contribution in [2.45, 2.75) is 6.42 Å². The molecule has 114 valence electrons. The third-order valence-corrected chi connectivity index (χ3v) is 3.65. The summed E-state index contributed by atoms with van der Waals surface area (Å²) in [6.45, 7) is 0.568. The number of carbonyl (C=O) groups excluding carboxylic acids is 1. The van der Waals surface area contributed by atoms with Gasteiger partial charge in [-0.15, -0.1) is 0 Å². The third-order valence-electron chi connectivity index (χ3n) is 3.65. The van der Waals surface area contributed by atoms with E-state index in [4.69, 9.17) is 0 Å². The topological polar surface area (TPSA) is 42.0 Å². The van der Waals surface area contributed by atoms with Gasteiger partial charge in [0, 0.05) is 30.4 Å². The first-order chi connectivity index (χ1) is 11.3. The van der Waals surface area contributed by atoms with E-state index in [0.29, 0.717) is 12.1 Å². The highest BCUT2D eigenvalue weighted by Crippen LogP contribution is 2.23. The number of nitrogens with zero attached hydrogens (tertiary/aromatic N) is 1. The van der Waals surface area contributed by atoms with E-state index < -0.39 is 0 Å². The van der Waals surface area contributed by atoms with E-state index in [-0.39, 0.29) is 5.91 Å². The van der Waals surface area contributed by atoms with Gasteiger partial charge in [-0.05, 0) is 29.3 Å². The SMILES string of the molecule is O=C(NCCc1ccccn1)c1ccccc1-c1ccccc1. The molecule has 0 aliphatic heterocycles. The van der Waals surface area contributed by atoms with Gasteiger partial charge in [-0.25, -0.2) is 0 Å². The molecular weight excluding hydrogens is 284 g/mol. The predicted molar refractivity (Wildman–Crippen MR) is 92.2 cm³/mol. The van der Waals surface area contributed by atoms with Gasteiger partial charge in [0.25, 0.3) is 5.91 Å². The first-order valence-electron chi connectivity index (χ1n) is 7.67. The molecule has 0 atom stereocenters. The Morgan fingerprint density at radius 2 is 1.61 bits per heavy atom. The van der Waals surface area contributed by atoms with Gasteiger partial charge in [-0.3, -0.25) is 9.78 Å². The van der Waals surface area contributed by atoms with Crippen LogP contribution in [0, 0.1) is 0 Å². The summed E-state index contributed by atoms with van der Waals surface area (Å²) >= 11 is 0. The van der Waals surface area contributed by atoms with E-state index in [1.54, 1.807) is 6.20 Å². The maximum absolute atomic E-state index is 12.5. The molecule has 3 nitrogen and oxygen atoms in total. The van der Waals surface area contributed by atoms with Crippen molar-refractivity contribution in [3.63, 3.8) is 0 Å². The number of aromatic nitrogens is 1. The Bertz CT molecular complexity index is 770. The Morgan fingerprint density at radius 1 is 0.870 bits per heavy atom. The molecule has 1 heterocycles. The smallest absolute Gasteiger partial charge is 0.251 e. The lowest BCUT2D eigenvalue weighted by Crippen LogP contribution is -2.26. The second-order valence-corrected chi connectivity index (χ2v) is 5.24. The Hall–Kier alpha value is -2.94. The maximum atomic E-state index is 12.5. The summed E-state index contributed by atoms with van der Waals surface area (Å²) in [4.78, 5) is 16.8. The van der Waals surface area contributed by atoms with E-state index >= 15 is 0 Å². The van der Waals surface area contributed by atoms with Crippen molar-refractivity contribution in [3.05, 3.63) is 90.3 Å². The van der Waals surface area contributed by atoms with Crippen LogP contribution < -0.4 is 5.32 Å². The van der Waals surface area contributed by atoms with Crippen molar-refractivity contribution in [3.8, 4) is 11.1 Å². The molecule has 0 bridgehead atoms. The van der Waals surface area contributed by atoms with Crippen LogP contribution in [0.25, 0.3) is 11.1 Å². The van der Waals surface area contributed by atoms with Crippen LogP contribution in [0.5, 0.6) is 0 Å². The quantitative estimate of drug-likeness (QED) is 0.780. The summed E-state index contributed by atoms with van der Waals surface area (Å²) < 4.78 is 0. The molecule has 1 amide bonds. The number of rotatable bonds is 5. The Morgan fingerprint density at radius 3 is 2.39 bits per heavy atom. The minimum absolute atomic E-state index is 0.0552. The van der Waals surface area contributed by atoms with Gasteiger partial charge in [0.15, 0.2) is 0 Å². The number of hydrogen-bond acceptors (Lipinski definition) is 2. The van der Waals surface area contributed by atoms with Crippen LogP contribution in [-0.4, -0.2) is 17.4 Å². The lowest BCUT2D eigenvalue weighted by Gasteiger charge is -2.10. The van der Waals surface area contributed by atoms with Crippen LogP contribution in [0.3, 0.4) is 0 Å². The molecule has 0 spiro atoms. The van der Waals surface area contributed by atoms with E-state index in [1.807, 2.05) is 72.8 Å². The molecule has 0 aliphatic rings. The Labute approximate surface area is 136 Å². The average Bonchev–Trinajstić information content (AvgIpc) is 2.63. The second kappa shape index (κ2) is 7.36. The lowest BCUT2D eigenvalue weighted by molar-refractivity contribution is 0.0954. The summed E-state index contributed by atoms with van der Waals surface area (Å²) in [5.74, 6) is -0.0552. The fraction of sp³-hybridized carbons (Fsp3) is 0.100. The normalized spacial score (nSPS) is 10.3. The molecule has 1 aromatic heterocycles. The minimum Gasteiger partial charge on any atom is -0.352 e. The first kappa shape index (κ1) is 15.0. The standard InChI is InChI=1S/C20H18N2O/c23-20(22-15-13-17-10-6-7-14-21-17)19-12-5-4-11-18(19)16-8-2-1-3-9-16/h1-12,14H,13,15H2,(H,22,23). The number of benzene rings is 2. The minimum atomic E-state index is -0.0552. The molecular formula is C20H18N2O. The van der Waals surface area contributed by atoms with Crippen molar-refractivity contribution in [1.29, 1.82) is 0 Å². The zero-order valence-electron chi connectivity index (χ0n) is 12.8. The zero-order valence-corrected chi connectivity index (χ0v) is 12.8. The Balaban J connectivity index is 1.70. The van der Waals surface area contributed by atoms with E-state index in [2.05, 4.69) is 10.3 Å². The highest BCUT2D eigenvalue weighted by atomic mass is 16.1. The average molecular weight is 302 g/mol. The molecule has 0 saturated heterocycles. The van der Waals surface area contributed by atoms with Crippen LogP contribution in [0.1, 0.15) is 16.1 Å². The van der Waals surface area contributed by atoms with Crippen LogP contribution in [0.15, 0.2) is 79.0 Å². The van der Waals surface area contributed by atoms with Crippen molar-refractivity contribution >= 4 is 5.91 Å². The molecule has 3 rings (SSSR count). The highest BCUT2D eigenvalue weighted by Gasteiger charge is 2.11. The summed E-state index contributed by atoms with van der Waals surface area (Å²) in [5, 5.41) is 2.98. The van der Waals surface area contributed by atoms with Gasteiger partial charge in [0.2, 0.25) is 0 Å². The van der Waals surface area contributed by atoms with Crippen molar-refractivity contribution in [2.75, 3.05) is 6.54 Å². The lowest BCUT2D eigenvalue weighted by atomic mass is 9.99. The summed E-state index contributed by atoms with van der Waals surface area (Å²) in [7, 11) is 0. The molecule has 0 aliphatic carbocycles. The van der Waals surface area contributed by atoms with Crippen LogP contribution in [0.2, 0.25) is 0 Å². The van der Waals surface area contributed by atoms with Crippen LogP contribution >= 0.6 is 0 Å². The van der Waals surface area contributed by atoms with Crippen LogP contribution in [0.4, 0.5) is 0 Å². The molecule has 0 fully saturated rings. The first-order valence-corrected chi connectivity index (χ1v) is 7.67. The third kappa shape index (κ3) is 3.83. The van der Waals surface area contributed by atoms with Gasteiger partial charge in [-0.1, -0.05) is 54.6 Å². The number of pyridine rings is 1. The molecule has 0 radical (unpaired) electrons. The predicted octanol–water partition coefficient (Wildman–Crippen LogP) is 3.72. The number of nitrogens with one attached hydrogen (secondary N) is 1. The molecule has 1 N–H and O–H groups in total. The Kier molecular flexibility index (Phi) is 4.79. The summed E-state index contributed by atoms with van der Waals surface area (Å²) in [6.07, 6.45) is 2.49. The highest BCUT2D eigenvalue weighted by molar-refractivity contribution is 6.00. The number of hydrogen-bond donors (Lipinski definition) is 1. The maximum Gasteiger partial charge on any atom is 0.251 e. The van der Waals surface area contributed by atoms with Crippen molar-refractivity contribution in [1.82, 2.24) is 10.3 Å². The largest absolute Gasteiger partial charge is 0.352 e. The molecule has 3 aromatic rings. The van der Waals surface area contributed by atoms with Gasteiger partial charge in [0.1, 0.15) is 0 Å². The monoisotopic (exact) mass is 302 g/mol. The fourth-order valence-corrected chi connectivity index (χ4v) is 2.50. The molecule has 23 heavy (non-hydrogen) atoms. The van der Waals surface area contributed by atoms with E-state index in [1.165, 1.54) is 0 Å². The molecule has 2 aromatic carbocycles. The fourth-order valence-electron chi connectivity index (χ4n) is 2.50. The van der Waals surface area contributed by atoms with Gasteiger partial charge >= 0.3 is 0 Å². The van der Waals surface area contributed by atoms with Gasteiger partial charge in [-0.2, -0.15) is 0 Å².